The maximum absolute atomic E-state index is 10.7. The van der Waals surface area contributed by atoms with Crippen LogP contribution in [0.4, 0.5) is 0 Å². The number of carbonyl (C=O) groups excluding carboxylic acids is 1. The minimum absolute atomic E-state index is 0. The monoisotopic (exact) mass is 301 g/mol. The molecule has 2 fully saturated rings. The number of carbonyl (C=O) groups is 1. The van der Waals surface area contributed by atoms with Gasteiger partial charge in [0, 0.05) is 65.2 Å². The van der Waals surface area contributed by atoms with Gasteiger partial charge in [0.15, 0.2) is 5.79 Å². The van der Waals surface area contributed by atoms with Crippen LogP contribution < -0.4 is 0 Å². The molecular formula is C11H18NO3Y-. The molecule has 2 aliphatic rings. The first-order chi connectivity index (χ1) is 7.20. The van der Waals surface area contributed by atoms with Crippen LogP contribution in [0.2, 0.25) is 0 Å². The Morgan fingerprint density at radius 2 is 1.81 bits per heavy atom. The van der Waals surface area contributed by atoms with Gasteiger partial charge in [0.05, 0.1) is 13.2 Å². The van der Waals surface area contributed by atoms with Gasteiger partial charge in [0.2, 0.25) is 0 Å². The molecule has 2 saturated heterocycles. The predicted octanol–water partition coefficient (Wildman–Crippen LogP) is 0.616. The van der Waals surface area contributed by atoms with Gasteiger partial charge in [-0.05, 0) is 12.2 Å². The molecule has 0 aromatic heterocycles. The molecule has 1 spiro atoms. The Hall–Kier alpha value is 0.524. The smallest absolute Gasteiger partial charge is 0.170 e. The van der Waals surface area contributed by atoms with Crippen molar-refractivity contribution in [2.24, 2.45) is 0 Å². The fraction of sp³-hybridized carbons (Fsp3) is 0.818. The normalized spacial score (nSPS) is 24.2. The molecule has 0 aliphatic carbocycles. The Kier molecular flexibility index (Phi) is 5.88. The van der Waals surface area contributed by atoms with Crippen molar-refractivity contribution in [3.8, 4) is 0 Å². The number of nitrogens with zero attached hydrogens (tertiary/aromatic N) is 1. The van der Waals surface area contributed by atoms with Crippen molar-refractivity contribution in [2.75, 3.05) is 32.8 Å². The van der Waals surface area contributed by atoms with E-state index in [4.69, 9.17) is 9.47 Å². The standard InChI is InChI=1S/C11H18NO3.Y/c1-10(13)2-5-12-6-3-11(4-7-12)14-8-9-15-11;/h1-9H2;/q-1;. The number of hydrogen-bond donors (Lipinski definition) is 0. The van der Waals surface area contributed by atoms with Gasteiger partial charge in [-0.1, -0.05) is 0 Å². The van der Waals surface area contributed by atoms with Crippen molar-refractivity contribution in [1.82, 2.24) is 4.90 Å². The van der Waals surface area contributed by atoms with Gasteiger partial charge in [-0.2, -0.15) is 0 Å². The largest absolute Gasteiger partial charge is 0.347 e. The molecule has 16 heavy (non-hydrogen) atoms. The summed E-state index contributed by atoms with van der Waals surface area (Å²) in [5.41, 5.74) is 0. The van der Waals surface area contributed by atoms with Crippen molar-refractivity contribution in [3.63, 3.8) is 0 Å². The topological polar surface area (TPSA) is 38.8 Å². The van der Waals surface area contributed by atoms with Crippen molar-refractivity contribution < 1.29 is 47.0 Å². The third kappa shape index (κ3) is 3.78. The molecular weight excluding hydrogens is 283 g/mol. The summed E-state index contributed by atoms with van der Waals surface area (Å²) in [4.78, 5) is 13.0. The van der Waals surface area contributed by atoms with Crippen LogP contribution >= 0.6 is 0 Å². The zero-order valence-corrected chi connectivity index (χ0v) is 12.5. The summed E-state index contributed by atoms with van der Waals surface area (Å²) in [5.74, 6) is -0.283. The van der Waals surface area contributed by atoms with Crippen LogP contribution in [0.3, 0.4) is 0 Å². The quantitative estimate of drug-likeness (QED) is 0.716. The Morgan fingerprint density at radius 3 is 2.31 bits per heavy atom. The molecule has 0 saturated carbocycles. The molecule has 0 amide bonds. The van der Waals surface area contributed by atoms with Crippen LogP contribution in [0, 0.1) is 6.92 Å². The number of ether oxygens (including phenoxy) is 2. The molecule has 0 aromatic rings. The average Bonchev–Trinajstić information content (AvgIpc) is 2.66. The van der Waals surface area contributed by atoms with Gasteiger partial charge in [-0.3, -0.25) is 0 Å². The summed E-state index contributed by atoms with van der Waals surface area (Å²) < 4.78 is 11.3. The maximum atomic E-state index is 10.7. The maximum Gasteiger partial charge on any atom is 0.170 e. The Balaban J connectivity index is 0.00000128. The predicted molar refractivity (Wildman–Crippen MR) is 55.3 cm³/mol. The number of likely N-dealkylation sites (tertiary alicyclic amines) is 1. The van der Waals surface area contributed by atoms with E-state index >= 15 is 0 Å². The first-order valence-corrected chi connectivity index (χ1v) is 5.55. The van der Waals surface area contributed by atoms with Crippen molar-refractivity contribution in [3.05, 3.63) is 6.92 Å². The van der Waals surface area contributed by atoms with E-state index in [1.807, 2.05) is 0 Å². The first kappa shape index (κ1) is 14.6. The molecule has 2 heterocycles. The van der Waals surface area contributed by atoms with E-state index < -0.39 is 0 Å². The summed E-state index contributed by atoms with van der Waals surface area (Å²) in [5, 5.41) is 0. The van der Waals surface area contributed by atoms with Crippen LogP contribution in [0.5, 0.6) is 0 Å². The molecule has 0 aromatic carbocycles. The third-order valence-electron chi connectivity index (χ3n) is 3.14. The molecule has 89 valence electrons. The molecule has 0 bridgehead atoms. The van der Waals surface area contributed by atoms with Gasteiger partial charge >= 0.3 is 0 Å². The van der Waals surface area contributed by atoms with Gasteiger partial charge in [-0.25, -0.2) is 0 Å². The second-order valence-corrected chi connectivity index (χ2v) is 4.24. The second kappa shape index (κ2) is 6.45. The number of ketones is 1. The molecule has 0 N–H and O–H groups in total. The summed E-state index contributed by atoms with van der Waals surface area (Å²) in [6, 6.07) is 0. The molecule has 5 heteroatoms. The summed E-state index contributed by atoms with van der Waals surface area (Å²) >= 11 is 0. The van der Waals surface area contributed by atoms with Crippen LogP contribution in [0.15, 0.2) is 0 Å². The van der Waals surface area contributed by atoms with E-state index in [0.29, 0.717) is 6.42 Å². The van der Waals surface area contributed by atoms with E-state index in [2.05, 4.69) is 11.8 Å². The van der Waals surface area contributed by atoms with E-state index in [1.165, 1.54) is 0 Å². The first-order valence-electron chi connectivity index (χ1n) is 5.55. The van der Waals surface area contributed by atoms with Gasteiger partial charge < -0.3 is 26.1 Å². The van der Waals surface area contributed by atoms with Crippen LogP contribution in [-0.4, -0.2) is 49.3 Å². The van der Waals surface area contributed by atoms with E-state index in [0.717, 1.165) is 45.7 Å². The van der Waals surface area contributed by atoms with Crippen LogP contribution in [-0.2, 0) is 47.0 Å². The fourth-order valence-corrected chi connectivity index (χ4v) is 2.19. The number of piperidine rings is 1. The summed E-state index contributed by atoms with van der Waals surface area (Å²) in [6.45, 7) is 7.54. The van der Waals surface area contributed by atoms with Crippen molar-refractivity contribution in [2.45, 2.75) is 25.0 Å². The van der Waals surface area contributed by atoms with Crippen molar-refractivity contribution in [1.29, 1.82) is 0 Å². The second-order valence-electron chi connectivity index (χ2n) is 4.24. The van der Waals surface area contributed by atoms with E-state index in [1.54, 1.807) is 0 Å². The minimum atomic E-state index is -0.301. The number of Topliss-reactive ketones (excluding diaryl/α,β-unsaturated/α-hetero) is 1. The third-order valence-corrected chi connectivity index (χ3v) is 3.14. The SMILES string of the molecule is [CH2-]C(=O)CCN1CCC2(CC1)OCCO2.[Y]. The fourth-order valence-electron chi connectivity index (χ4n) is 2.19. The van der Waals surface area contributed by atoms with E-state index in [-0.39, 0.29) is 44.3 Å². The van der Waals surface area contributed by atoms with Crippen molar-refractivity contribution >= 4 is 5.78 Å². The Morgan fingerprint density at radius 1 is 1.25 bits per heavy atom. The summed E-state index contributed by atoms with van der Waals surface area (Å²) in [7, 11) is 0. The van der Waals surface area contributed by atoms with Gasteiger partial charge in [0.1, 0.15) is 0 Å². The molecule has 0 unspecified atom stereocenters. The molecule has 2 aliphatic heterocycles. The minimum Gasteiger partial charge on any atom is -0.347 e. The summed E-state index contributed by atoms with van der Waals surface area (Å²) in [6.07, 6.45) is 2.38. The molecule has 0 atom stereocenters. The number of hydrogen-bond acceptors (Lipinski definition) is 4. The molecule has 4 nitrogen and oxygen atoms in total. The Labute approximate surface area is 122 Å². The average molecular weight is 301 g/mol. The van der Waals surface area contributed by atoms with Gasteiger partial charge in [0.25, 0.3) is 0 Å². The van der Waals surface area contributed by atoms with Crippen LogP contribution in [0.25, 0.3) is 0 Å². The molecule has 1 radical (unpaired) electrons. The number of rotatable bonds is 3. The zero-order chi connectivity index (χ0) is 10.7. The molecule has 2 rings (SSSR count). The van der Waals surface area contributed by atoms with E-state index in [9.17, 15) is 4.79 Å². The zero-order valence-electron chi connectivity index (χ0n) is 9.61. The Bertz CT molecular complexity index is 231. The van der Waals surface area contributed by atoms with Crippen LogP contribution in [0.1, 0.15) is 19.3 Å². The van der Waals surface area contributed by atoms with Gasteiger partial charge in [-0.15, -0.1) is 0 Å².